The van der Waals surface area contributed by atoms with E-state index in [-0.39, 0.29) is 11.5 Å². The zero-order valence-corrected chi connectivity index (χ0v) is 16.0. The Morgan fingerprint density at radius 1 is 1.17 bits per heavy atom. The van der Waals surface area contributed by atoms with Gasteiger partial charge in [0.2, 0.25) is 5.91 Å². The number of rotatable bonds is 3. The molecule has 2 heterocycles. The van der Waals surface area contributed by atoms with Crippen LogP contribution < -0.4 is 21.6 Å². The van der Waals surface area contributed by atoms with Gasteiger partial charge in [0.15, 0.2) is 0 Å². The van der Waals surface area contributed by atoms with Crippen LogP contribution in [-0.2, 0) is 0 Å². The van der Waals surface area contributed by atoms with Crippen LogP contribution in [0.1, 0.15) is 46.2 Å². The zero-order chi connectivity index (χ0) is 20.0. The summed E-state index contributed by atoms with van der Waals surface area (Å²) in [4.78, 5) is 16.0. The maximum absolute atomic E-state index is 14.6. The summed E-state index contributed by atoms with van der Waals surface area (Å²) < 4.78 is 14.6. The van der Waals surface area contributed by atoms with Crippen LogP contribution in [0.15, 0.2) is 65.3 Å². The van der Waals surface area contributed by atoms with Crippen LogP contribution in [0.2, 0.25) is 0 Å². The van der Waals surface area contributed by atoms with E-state index in [1.165, 1.54) is 30.0 Å². The maximum atomic E-state index is 14.6. The molecule has 29 heavy (non-hydrogen) atoms. The number of piperidine rings is 1. The third kappa shape index (κ3) is 3.21. The molecule has 146 valence electrons. The minimum atomic E-state index is -0.655. The van der Waals surface area contributed by atoms with Gasteiger partial charge in [0.25, 0.3) is 0 Å². The van der Waals surface area contributed by atoms with Crippen LogP contribution in [0.25, 0.3) is 5.57 Å². The molecule has 3 N–H and O–H groups in total. The summed E-state index contributed by atoms with van der Waals surface area (Å²) in [5.41, 5.74) is 9.50. The van der Waals surface area contributed by atoms with Crippen molar-refractivity contribution in [3.05, 3.63) is 93.4 Å². The molecule has 1 amide bonds. The highest BCUT2D eigenvalue weighted by Gasteiger charge is 2.22. The van der Waals surface area contributed by atoms with Crippen molar-refractivity contribution in [1.29, 1.82) is 0 Å². The van der Waals surface area contributed by atoms with Gasteiger partial charge >= 0.3 is 0 Å². The Labute approximate surface area is 168 Å². The van der Waals surface area contributed by atoms with Gasteiger partial charge in [-0.15, -0.1) is 0 Å². The Morgan fingerprint density at radius 2 is 1.97 bits per heavy atom. The fraction of sp³-hybridized carbons (Fsp3) is 0.250. The van der Waals surface area contributed by atoms with E-state index in [1.807, 2.05) is 6.08 Å². The lowest BCUT2D eigenvalue weighted by atomic mass is 9.87. The van der Waals surface area contributed by atoms with E-state index in [0.717, 1.165) is 24.4 Å². The molecule has 5 rings (SSSR count). The Bertz CT molecular complexity index is 1170. The van der Waals surface area contributed by atoms with Crippen LogP contribution in [0.3, 0.4) is 0 Å². The lowest BCUT2D eigenvalue weighted by Gasteiger charge is -2.23. The Kier molecular flexibility index (Phi) is 4.40. The van der Waals surface area contributed by atoms with Crippen LogP contribution in [0.5, 0.6) is 0 Å². The highest BCUT2D eigenvalue weighted by molar-refractivity contribution is 5.93. The quantitative estimate of drug-likeness (QED) is 0.849. The molecule has 2 unspecified atom stereocenters. The summed E-state index contributed by atoms with van der Waals surface area (Å²) in [5, 5.41) is 4.37. The van der Waals surface area contributed by atoms with E-state index in [4.69, 9.17) is 5.73 Å². The molecule has 2 aliphatic heterocycles. The molecular weight excluding hydrogens is 365 g/mol. The van der Waals surface area contributed by atoms with Gasteiger partial charge in [-0.2, -0.15) is 0 Å². The molecule has 0 radical (unpaired) electrons. The second-order valence-corrected chi connectivity index (χ2v) is 7.89. The Balaban J connectivity index is 1.46. The maximum Gasteiger partial charge on any atom is 0.248 e. The van der Waals surface area contributed by atoms with Crippen molar-refractivity contribution < 1.29 is 9.18 Å². The van der Waals surface area contributed by atoms with Gasteiger partial charge in [-0.1, -0.05) is 36.4 Å². The summed E-state index contributed by atoms with van der Waals surface area (Å²) in [7, 11) is 0. The summed E-state index contributed by atoms with van der Waals surface area (Å²) >= 11 is 0. The summed E-state index contributed by atoms with van der Waals surface area (Å²) in [5.74, 6) is -0.451. The molecule has 1 fully saturated rings. The number of allylic oxidation sites excluding steroid dienone is 3. The molecular formula is C24H22FN3O. The summed E-state index contributed by atoms with van der Waals surface area (Å²) in [6, 6.07) is 11.5. The number of amides is 1. The SMILES string of the molecule is NC(=O)c1cc(F)c2c(c1)=NC1=CC(c3ccc(C4CCCNC4)cc3)C=CC=21. The third-order valence-electron chi connectivity index (χ3n) is 6.04. The van der Waals surface area contributed by atoms with Gasteiger partial charge in [-0.05, 0) is 54.6 Å². The van der Waals surface area contributed by atoms with Gasteiger partial charge < -0.3 is 11.1 Å². The van der Waals surface area contributed by atoms with E-state index in [1.54, 1.807) is 6.07 Å². The van der Waals surface area contributed by atoms with E-state index in [9.17, 15) is 9.18 Å². The van der Waals surface area contributed by atoms with E-state index >= 15 is 0 Å². The van der Waals surface area contributed by atoms with Crippen LogP contribution in [-0.4, -0.2) is 19.0 Å². The number of carbonyl (C=O) groups is 1. The van der Waals surface area contributed by atoms with E-state index < -0.39 is 11.7 Å². The van der Waals surface area contributed by atoms with E-state index in [2.05, 4.69) is 46.7 Å². The molecule has 0 bridgehead atoms. The highest BCUT2D eigenvalue weighted by atomic mass is 19.1. The van der Waals surface area contributed by atoms with Crippen molar-refractivity contribution in [2.24, 2.45) is 10.7 Å². The summed E-state index contributed by atoms with van der Waals surface area (Å²) in [6.07, 6.45) is 8.51. The number of hydrogen-bond acceptors (Lipinski definition) is 3. The summed E-state index contributed by atoms with van der Waals surface area (Å²) in [6.45, 7) is 2.16. The average Bonchev–Trinajstić information content (AvgIpc) is 3.12. The first kappa shape index (κ1) is 18.0. The van der Waals surface area contributed by atoms with Gasteiger partial charge in [0.1, 0.15) is 5.82 Å². The fourth-order valence-corrected chi connectivity index (χ4v) is 4.46. The number of hydrogen-bond donors (Lipinski definition) is 2. The van der Waals surface area contributed by atoms with Crippen molar-refractivity contribution in [1.82, 2.24) is 5.32 Å². The fourth-order valence-electron chi connectivity index (χ4n) is 4.46. The molecule has 1 aliphatic carbocycles. The van der Waals surface area contributed by atoms with Gasteiger partial charge in [0.05, 0.1) is 11.1 Å². The van der Waals surface area contributed by atoms with Crippen molar-refractivity contribution in [3.63, 3.8) is 0 Å². The number of nitrogens with two attached hydrogens (primary N) is 1. The predicted molar refractivity (Wildman–Crippen MR) is 110 cm³/mol. The van der Waals surface area contributed by atoms with Crippen molar-refractivity contribution in [2.45, 2.75) is 24.7 Å². The van der Waals surface area contributed by atoms with Crippen molar-refractivity contribution in [2.75, 3.05) is 13.1 Å². The first-order valence-corrected chi connectivity index (χ1v) is 10.0. The lowest BCUT2D eigenvalue weighted by Crippen LogP contribution is -2.29. The van der Waals surface area contributed by atoms with Gasteiger partial charge in [-0.3, -0.25) is 4.79 Å². The molecule has 4 nitrogen and oxygen atoms in total. The molecule has 0 spiro atoms. The zero-order valence-electron chi connectivity index (χ0n) is 16.0. The monoisotopic (exact) mass is 387 g/mol. The topological polar surface area (TPSA) is 67.5 Å². The first-order valence-electron chi connectivity index (χ1n) is 10.0. The van der Waals surface area contributed by atoms with Crippen molar-refractivity contribution >= 4 is 11.5 Å². The minimum Gasteiger partial charge on any atom is -0.366 e. The molecule has 0 saturated carbocycles. The number of halogens is 1. The average molecular weight is 387 g/mol. The smallest absolute Gasteiger partial charge is 0.248 e. The van der Waals surface area contributed by atoms with Crippen LogP contribution in [0.4, 0.5) is 4.39 Å². The number of carbonyl (C=O) groups excluding carboxylic acids is 1. The normalized spacial score (nSPS) is 22.5. The lowest BCUT2D eigenvalue weighted by molar-refractivity contribution is 0.0999. The number of benzene rings is 2. The van der Waals surface area contributed by atoms with Crippen LogP contribution >= 0.6 is 0 Å². The Hall–Kier alpha value is -3.05. The van der Waals surface area contributed by atoms with Gasteiger partial charge in [-0.25, -0.2) is 9.38 Å². The standard InChI is InChI=1S/C24H22FN3O/c25-20-10-18(24(26)29)12-22-23(20)19-8-7-16(11-21(19)28-22)14-3-5-15(6-4-14)17-2-1-9-27-13-17/h3-8,10-12,16-17,27H,1-2,9,13H2,(H2,26,29). The Morgan fingerprint density at radius 3 is 2.69 bits per heavy atom. The molecule has 0 aromatic heterocycles. The largest absolute Gasteiger partial charge is 0.366 e. The number of nitrogens with one attached hydrogen (secondary N) is 1. The number of fused-ring (bicyclic) bond motifs is 2. The molecule has 2 aromatic carbocycles. The number of primary amides is 1. The highest BCUT2D eigenvalue weighted by Crippen LogP contribution is 2.32. The molecule has 1 saturated heterocycles. The third-order valence-corrected chi connectivity index (χ3v) is 6.04. The second-order valence-electron chi connectivity index (χ2n) is 7.89. The first-order chi connectivity index (χ1) is 14.1. The molecule has 2 atom stereocenters. The molecule has 2 aromatic rings. The number of nitrogens with zero attached hydrogens (tertiary/aromatic N) is 1. The van der Waals surface area contributed by atoms with E-state index in [0.29, 0.717) is 16.5 Å². The van der Waals surface area contributed by atoms with Crippen LogP contribution in [0, 0.1) is 5.82 Å². The minimum absolute atomic E-state index is 0.0871. The molecule has 5 heteroatoms. The molecule has 3 aliphatic rings. The van der Waals surface area contributed by atoms with Gasteiger partial charge in [0, 0.05) is 28.8 Å². The predicted octanol–water partition coefficient (Wildman–Crippen LogP) is 2.41. The van der Waals surface area contributed by atoms with Crippen molar-refractivity contribution in [3.8, 4) is 0 Å². The second kappa shape index (κ2) is 7.08.